The Hall–Kier alpha value is -1.05. The largest absolute Gasteiger partial charge is 0.465 e. The van der Waals surface area contributed by atoms with Crippen LogP contribution in [0.3, 0.4) is 0 Å². The highest BCUT2D eigenvalue weighted by Gasteiger charge is 1.97. The molecule has 0 saturated carbocycles. The highest BCUT2D eigenvalue weighted by molar-refractivity contribution is 5.71. The Morgan fingerprint density at radius 2 is 1.55 bits per heavy atom. The van der Waals surface area contributed by atoms with Crippen LogP contribution in [0, 0.1) is 0 Å². The van der Waals surface area contributed by atoms with Gasteiger partial charge in [0.15, 0.2) is 0 Å². The molecule has 0 aliphatic carbocycles. The third-order valence-electron chi connectivity index (χ3n) is 3.13. The highest BCUT2D eigenvalue weighted by Crippen LogP contribution is 2.07. The zero-order valence-corrected chi connectivity index (χ0v) is 13.4. The number of allylic oxidation sites excluding steroid dienone is 2. The standard InChI is InChI=1S/C18H32O2/c1-3-5-7-9-10-11-12-13-14-16-18(19)20-17-15-8-6-4-2/h6,8,13-14H,3-5,7,9-12,15-17H2,1-2H3/b8-6-,14-13-. The van der Waals surface area contributed by atoms with Crippen molar-refractivity contribution >= 4 is 5.97 Å². The lowest BCUT2D eigenvalue weighted by Crippen LogP contribution is -2.03. The molecule has 0 spiro atoms. The summed E-state index contributed by atoms with van der Waals surface area (Å²) in [5.74, 6) is -0.117. The van der Waals surface area contributed by atoms with Crippen LogP contribution in [0.4, 0.5) is 0 Å². The maximum Gasteiger partial charge on any atom is 0.309 e. The summed E-state index contributed by atoms with van der Waals surface area (Å²) >= 11 is 0. The molecule has 0 unspecified atom stereocenters. The smallest absolute Gasteiger partial charge is 0.309 e. The van der Waals surface area contributed by atoms with Gasteiger partial charge in [0.1, 0.15) is 0 Å². The van der Waals surface area contributed by atoms with Gasteiger partial charge in [-0.15, -0.1) is 0 Å². The van der Waals surface area contributed by atoms with Crippen LogP contribution in [0.25, 0.3) is 0 Å². The van der Waals surface area contributed by atoms with Gasteiger partial charge in [-0.25, -0.2) is 0 Å². The first-order valence-electron chi connectivity index (χ1n) is 8.26. The van der Waals surface area contributed by atoms with E-state index in [9.17, 15) is 4.79 Å². The summed E-state index contributed by atoms with van der Waals surface area (Å²) in [7, 11) is 0. The van der Waals surface area contributed by atoms with Crippen molar-refractivity contribution in [2.24, 2.45) is 0 Å². The van der Waals surface area contributed by atoms with Gasteiger partial charge < -0.3 is 4.74 Å². The van der Waals surface area contributed by atoms with E-state index in [2.05, 4.69) is 32.1 Å². The maximum absolute atomic E-state index is 11.4. The van der Waals surface area contributed by atoms with E-state index in [0.29, 0.717) is 13.0 Å². The van der Waals surface area contributed by atoms with Crippen LogP contribution < -0.4 is 0 Å². The van der Waals surface area contributed by atoms with Gasteiger partial charge in [-0.1, -0.05) is 70.3 Å². The van der Waals surface area contributed by atoms with Gasteiger partial charge in [-0.05, 0) is 25.7 Å². The maximum atomic E-state index is 11.4. The molecule has 116 valence electrons. The molecule has 0 N–H and O–H groups in total. The Kier molecular flexibility index (Phi) is 15.2. The minimum absolute atomic E-state index is 0.117. The number of rotatable bonds is 13. The topological polar surface area (TPSA) is 26.3 Å². The van der Waals surface area contributed by atoms with Crippen molar-refractivity contribution in [3.05, 3.63) is 24.3 Å². The van der Waals surface area contributed by atoms with E-state index in [4.69, 9.17) is 4.74 Å². The molecule has 0 aromatic carbocycles. The molecule has 0 aromatic rings. The van der Waals surface area contributed by atoms with Crippen LogP contribution in [-0.2, 0) is 9.53 Å². The SMILES string of the molecule is CC/C=C\CCOC(=O)C/C=C\CCCCCCCC. The quantitative estimate of drug-likeness (QED) is 0.250. The molecule has 0 aromatic heterocycles. The van der Waals surface area contributed by atoms with Gasteiger partial charge in [0, 0.05) is 0 Å². The monoisotopic (exact) mass is 280 g/mol. The molecule has 2 nitrogen and oxygen atoms in total. The van der Waals surface area contributed by atoms with E-state index in [1.807, 2.05) is 6.08 Å². The highest BCUT2D eigenvalue weighted by atomic mass is 16.5. The van der Waals surface area contributed by atoms with Crippen LogP contribution >= 0.6 is 0 Å². The summed E-state index contributed by atoms with van der Waals surface area (Å²) in [6, 6.07) is 0. The molecule has 0 radical (unpaired) electrons. The predicted octanol–water partition coefficient (Wildman–Crippen LogP) is 5.58. The first-order chi connectivity index (χ1) is 9.81. The average Bonchev–Trinajstić information content (AvgIpc) is 2.45. The van der Waals surface area contributed by atoms with E-state index in [0.717, 1.165) is 19.3 Å². The molecule has 0 amide bonds. The number of esters is 1. The first-order valence-corrected chi connectivity index (χ1v) is 8.26. The molecule has 0 rings (SSSR count). The van der Waals surface area contributed by atoms with Gasteiger partial charge in [0.25, 0.3) is 0 Å². The van der Waals surface area contributed by atoms with E-state index >= 15 is 0 Å². The summed E-state index contributed by atoms with van der Waals surface area (Å²) < 4.78 is 5.12. The number of hydrogen-bond acceptors (Lipinski definition) is 2. The van der Waals surface area contributed by atoms with Crippen molar-refractivity contribution < 1.29 is 9.53 Å². The molecule has 20 heavy (non-hydrogen) atoms. The van der Waals surface area contributed by atoms with E-state index in [1.54, 1.807) is 0 Å². The van der Waals surface area contributed by atoms with Crippen LogP contribution in [0.15, 0.2) is 24.3 Å². The summed E-state index contributed by atoms with van der Waals surface area (Å²) in [5.41, 5.74) is 0. The third kappa shape index (κ3) is 15.0. The second-order valence-electron chi connectivity index (χ2n) is 5.12. The van der Waals surface area contributed by atoms with Crippen LogP contribution in [-0.4, -0.2) is 12.6 Å². The van der Waals surface area contributed by atoms with Crippen molar-refractivity contribution in [3.63, 3.8) is 0 Å². The Morgan fingerprint density at radius 1 is 0.850 bits per heavy atom. The Morgan fingerprint density at radius 3 is 2.30 bits per heavy atom. The normalized spacial score (nSPS) is 11.5. The summed E-state index contributed by atoms with van der Waals surface area (Å²) in [4.78, 5) is 11.4. The van der Waals surface area contributed by atoms with E-state index < -0.39 is 0 Å². The lowest BCUT2D eigenvalue weighted by molar-refractivity contribution is -0.142. The van der Waals surface area contributed by atoms with Crippen molar-refractivity contribution in [2.75, 3.05) is 6.61 Å². The van der Waals surface area contributed by atoms with E-state index in [1.165, 1.54) is 38.5 Å². The van der Waals surface area contributed by atoms with Crippen molar-refractivity contribution in [1.82, 2.24) is 0 Å². The lowest BCUT2D eigenvalue weighted by atomic mass is 10.1. The van der Waals surface area contributed by atoms with Crippen molar-refractivity contribution in [3.8, 4) is 0 Å². The fourth-order valence-electron chi connectivity index (χ4n) is 1.92. The molecular formula is C18H32O2. The number of hydrogen-bond donors (Lipinski definition) is 0. The zero-order valence-electron chi connectivity index (χ0n) is 13.4. The number of ether oxygens (including phenoxy) is 1. The predicted molar refractivity (Wildman–Crippen MR) is 86.8 cm³/mol. The van der Waals surface area contributed by atoms with Crippen LogP contribution in [0.5, 0.6) is 0 Å². The second kappa shape index (κ2) is 16.0. The van der Waals surface area contributed by atoms with Gasteiger partial charge in [0.05, 0.1) is 13.0 Å². The Balaban J connectivity index is 3.32. The molecule has 0 bridgehead atoms. The van der Waals surface area contributed by atoms with Crippen LogP contribution in [0.2, 0.25) is 0 Å². The minimum atomic E-state index is -0.117. The summed E-state index contributed by atoms with van der Waals surface area (Å²) in [6.07, 6.45) is 19.4. The van der Waals surface area contributed by atoms with Crippen molar-refractivity contribution in [2.45, 2.75) is 78.1 Å². The number of carbonyl (C=O) groups excluding carboxylic acids is 1. The zero-order chi connectivity index (χ0) is 14.9. The van der Waals surface area contributed by atoms with Gasteiger partial charge >= 0.3 is 5.97 Å². The summed E-state index contributed by atoms with van der Waals surface area (Å²) in [5, 5.41) is 0. The third-order valence-corrected chi connectivity index (χ3v) is 3.13. The van der Waals surface area contributed by atoms with Gasteiger partial charge in [-0.3, -0.25) is 4.79 Å². The first kappa shape index (κ1) is 18.9. The van der Waals surface area contributed by atoms with Gasteiger partial charge in [-0.2, -0.15) is 0 Å². The molecule has 0 atom stereocenters. The van der Waals surface area contributed by atoms with Crippen LogP contribution in [0.1, 0.15) is 78.1 Å². The molecule has 0 heterocycles. The van der Waals surface area contributed by atoms with Crippen molar-refractivity contribution in [1.29, 1.82) is 0 Å². The number of unbranched alkanes of at least 4 members (excludes halogenated alkanes) is 6. The minimum Gasteiger partial charge on any atom is -0.465 e. The fraction of sp³-hybridized carbons (Fsp3) is 0.722. The molecule has 0 aliphatic heterocycles. The molecular weight excluding hydrogens is 248 g/mol. The molecule has 0 fully saturated rings. The molecule has 2 heteroatoms. The lowest BCUT2D eigenvalue weighted by Gasteiger charge is -2.00. The van der Waals surface area contributed by atoms with Gasteiger partial charge in [0.2, 0.25) is 0 Å². The second-order valence-corrected chi connectivity index (χ2v) is 5.12. The summed E-state index contributed by atoms with van der Waals surface area (Å²) in [6.45, 7) is 4.83. The van der Waals surface area contributed by atoms with E-state index in [-0.39, 0.29) is 5.97 Å². The molecule has 0 saturated heterocycles. The number of carbonyl (C=O) groups is 1. The Bertz CT molecular complexity index is 267. The molecule has 0 aliphatic rings. The Labute approximate surface area is 125 Å². The average molecular weight is 280 g/mol. The fourth-order valence-corrected chi connectivity index (χ4v) is 1.92.